The lowest BCUT2D eigenvalue weighted by atomic mass is 10.0. The second-order valence-corrected chi connectivity index (χ2v) is 7.86. The Bertz CT molecular complexity index is 798. The summed E-state index contributed by atoms with van der Waals surface area (Å²) in [5.74, 6) is 0.931. The van der Waals surface area contributed by atoms with Crippen molar-refractivity contribution in [3.05, 3.63) is 52.9 Å². The molecule has 144 valence electrons. The normalized spacial score (nSPS) is 19.4. The number of aromatic nitrogens is 1. The van der Waals surface area contributed by atoms with Gasteiger partial charge in [-0.3, -0.25) is 4.79 Å². The van der Waals surface area contributed by atoms with Crippen LogP contribution in [0.5, 0.6) is 5.75 Å². The molecule has 1 aromatic heterocycles. The molecule has 0 amide bonds. The molecule has 2 aliphatic rings. The molecule has 0 N–H and O–H groups in total. The number of pyridine rings is 1. The molecule has 0 bridgehead atoms. The molecular formula is C23H30N2O2. The fraction of sp³-hybridized carbons (Fsp3) is 0.522. The third-order valence-corrected chi connectivity index (χ3v) is 6.14. The van der Waals surface area contributed by atoms with E-state index in [-0.39, 0.29) is 5.56 Å². The van der Waals surface area contributed by atoms with Gasteiger partial charge in [-0.25, -0.2) is 0 Å². The highest BCUT2D eigenvalue weighted by molar-refractivity contribution is 5.63. The molecule has 0 spiro atoms. The molecule has 4 rings (SSSR count). The molecule has 4 nitrogen and oxygen atoms in total. The molecule has 27 heavy (non-hydrogen) atoms. The van der Waals surface area contributed by atoms with E-state index < -0.39 is 0 Å². The average Bonchev–Trinajstić information content (AvgIpc) is 3.24. The van der Waals surface area contributed by atoms with Crippen molar-refractivity contribution < 1.29 is 4.74 Å². The van der Waals surface area contributed by atoms with Crippen LogP contribution in [0.25, 0.3) is 11.1 Å². The van der Waals surface area contributed by atoms with Crippen molar-refractivity contribution in [2.75, 3.05) is 13.1 Å². The van der Waals surface area contributed by atoms with E-state index in [1.807, 2.05) is 43.5 Å². The summed E-state index contributed by atoms with van der Waals surface area (Å²) >= 11 is 0. The fourth-order valence-electron chi connectivity index (χ4n) is 4.50. The molecule has 0 atom stereocenters. The van der Waals surface area contributed by atoms with Crippen LogP contribution in [0.1, 0.15) is 45.4 Å². The van der Waals surface area contributed by atoms with Crippen molar-refractivity contribution in [3.8, 4) is 16.9 Å². The highest BCUT2D eigenvalue weighted by Gasteiger charge is 2.27. The van der Waals surface area contributed by atoms with Gasteiger partial charge in [-0.05, 0) is 61.9 Å². The first-order valence-electron chi connectivity index (χ1n) is 10.4. The Morgan fingerprint density at radius 3 is 2.30 bits per heavy atom. The van der Waals surface area contributed by atoms with E-state index in [4.69, 9.17) is 4.74 Å². The molecule has 1 saturated carbocycles. The number of hydrogen-bond acceptors (Lipinski definition) is 3. The van der Waals surface area contributed by atoms with Gasteiger partial charge in [0.05, 0.1) is 0 Å². The van der Waals surface area contributed by atoms with Crippen molar-refractivity contribution in [3.63, 3.8) is 0 Å². The molecule has 0 radical (unpaired) electrons. The Morgan fingerprint density at radius 2 is 1.67 bits per heavy atom. The van der Waals surface area contributed by atoms with Gasteiger partial charge in [-0.2, -0.15) is 0 Å². The quantitative estimate of drug-likeness (QED) is 0.790. The van der Waals surface area contributed by atoms with Crippen molar-refractivity contribution in [2.24, 2.45) is 0 Å². The smallest absolute Gasteiger partial charge is 0.251 e. The van der Waals surface area contributed by atoms with Gasteiger partial charge in [-0.1, -0.05) is 25.0 Å². The first-order chi connectivity index (χ1) is 13.2. The summed E-state index contributed by atoms with van der Waals surface area (Å²) in [5, 5.41) is 0. The summed E-state index contributed by atoms with van der Waals surface area (Å²) in [6.45, 7) is 5.01. The van der Waals surface area contributed by atoms with E-state index in [1.54, 1.807) is 10.6 Å². The van der Waals surface area contributed by atoms with Crippen LogP contribution in [0.15, 0.2) is 47.4 Å². The number of aryl methyl sites for hydroxylation is 1. The predicted octanol–water partition coefficient (Wildman–Crippen LogP) is 4.32. The SMILES string of the molecule is CCn1ccc(-c2ccc(OC3CCN(C4CCCC4)CC3)cc2)cc1=O. The lowest BCUT2D eigenvalue weighted by Gasteiger charge is -2.36. The van der Waals surface area contributed by atoms with Crippen molar-refractivity contribution >= 4 is 0 Å². The minimum atomic E-state index is 0.0457. The highest BCUT2D eigenvalue weighted by Crippen LogP contribution is 2.28. The average molecular weight is 367 g/mol. The van der Waals surface area contributed by atoms with Gasteiger partial charge in [0.15, 0.2) is 0 Å². The Hall–Kier alpha value is -2.07. The molecule has 1 aromatic carbocycles. The van der Waals surface area contributed by atoms with E-state index >= 15 is 0 Å². The summed E-state index contributed by atoms with van der Waals surface area (Å²) in [7, 11) is 0. The first-order valence-corrected chi connectivity index (χ1v) is 10.4. The molecule has 1 aliphatic carbocycles. The second-order valence-electron chi connectivity index (χ2n) is 7.86. The Labute approximate surface area is 161 Å². The molecule has 2 fully saturated rings. The van der Waals surface area contributed by atoms with Gasteiger partial charge < -0.3 is 14.2 Å². The van der Waals surface area contributed by atoms with Gasteiger partial charge in [-0.15, -0.1) is 0 Å². The largest absolute Gasteiger partial charge is 0.490 e. The van der Waals surface area contributed by atoms with Gasteiger partial charge in [0.2, 0.25) is 0 Å². The summed E-state index contributed by atoms with van der Waals surface area (Å²) < 4.78 is 7.93. The van der Waals surface area contributed by atoms with Gasteiger partial charge in [0.25, 0.3) is 5.56 Å². The summed E-state index contributed by atoms with van der Waals surface area (Å²) in [5.41, 5.74) is 2.06. The highest BCUT2D eigenvalue weighted by atomic mass is 16.5. The standard InChI is InChI=1S/C23H30N2O2/c1-2-24-14-11-19(17-23(24)26)18-7-9-21(10-8-18)27-22-12-15-25(16-13-22)20-5-3-4-6-20/h7-11,14,17,20,22H,2-6,12-13,15-16H2,1H3. The van der Waals surface area contributed by atoms with E-state index in [9.17, 15) is 4.79 Å². The number of nitrogens with zero attached hydrogens (tertiary/aromatic N) is 2. The van der Waals surface area contributed by atoms with Crippen LogP contribution in [0.3, 0.4) is 0 Å². The van der Waals surface area contributed by atoms with Crippen molar-refractivity contribution in [1.82, 2.24) is 9.47 Å². The molecule has 4 heteroatoms. The van der Waals surface area contributed by atoms with Crippen molar-refractivity contribution in [1.29, 1.82) is 0 Å². The third-order valence-electron chi connectivity index (χ3n) is 6.14. The van der Waals surface area contributed by atoms with Crippen LogP contribution in [0, 0.1) is 0 Å². The van der Waals surface area contributed by atoms with E-state index in [1.165, 1.54) is 38.8 Å². The predicted molar refractivity (Wildman–Crippen MR) is 109 cm³/mol. The maximum absolute atomic E-state index is 12.0. The van der Waals surface area contributed by atoms with Crippen LogP contribution in [-0.4, -0.2) is 34.7 Å². The third kappa shape index (κ3) is 4.27. The van der Waals surface area contributed by atoms with Gasteiger partial charge in [0, 0.05) is 37.9 Å². The maximum atomic E-state index is 12.0. The van der Waals surface area contributed by atoms with E-state index in [0.717, 1.165) is 35.8 Å². The first kappa shape index (κ1) is 18.3. The number of ether oxygens (including phenoxy) is 1. The van der Waals surface area contributed by atoms with Crippen LogP contribution in [-0.2, 0) is 6.54 Å². The van der Waals surface area contributed by atoms with Crippen LogP contribution < -0.4 is 10.3 Å². The molecule has 2 heterocycles. The summed E-state index contributed by atoms with van der Waals surface area (Å²) in [6, 6.07) is 12.7. The molecule has 1 saturated heterocycles. The second kappa shape index (κ2) is 8.30. The lowest BCUT2D eigenvalue weighted by Crippen LogP contribution is -2.43. The lowest BCUT2D eigenvalue weighted by molar-refractivity contribution is 0.0768. The zero-order valence-corrected chi connectivity index (χ0v) is 16.3. The molecular weight excluding hydrogens is 336 g/mol. The van der Waals surface area contributed by atoms with Crippen LogP contribution in [0.2, 0.25) is 0 Å². The van der Waals surface area contributed by atoms with Crippen molar-refractivity contribution in [2.45, 2.75) is 64.1 Å². The van der Waals surface area contributed by atoms with E-state index in [2.05, 4.69) is 4.90 Å². The number of rotatable bonds is 5. The van der Waals surface area contributed by atoms with E-state index in [0.29, 0.717) is 12.6 Å². The molecule has 0 unspecified atom stereocenters. The number of benzene rings is 1. The minimum Gasteiger partial charge on any atom is -0.490 e. The minimum absolute atomic E-state index is 0.0457. The monoisotopic (exact) mass is 366 g/mol. The van der Waals surface area contributed by atoms with Crippen LogP contribution in [0.4, 0.5) is 0 Å². The van der Waals surface area contributed by atoms with Gasteiger partial charge >= 0.3 is 0 Å². The molecule has 2 aromatic rings. The number of piperidine rings is 1. The molecule has 1 aliphatic heterocycles. The summed E-state index contributed by atoms with van der Waals surface area (Å²) in [6.07, 6.45) is 10.00. The fourth-order valence-corrected chi connectivity index (χ4v) is 4.50. The zero-order chi connectivity index (χ0) is 18.6. The topological polar surface area (TPSA) is 34.5 Å². The Kier molecular flexibility index (Phi) is 5.63. The zero-order valence-electron chi connectivity index (χ0n) is 16.3. The maximum Gasteiger partial charge on any atom is 0.251 e. The Balaban J connectivity index is 1.34. The number of likely N-dealkylation sites (tertiary alicyclic amines) is 1. The Morgan fingerprint density at radius 1 is 0.963 bits per heavy atom. The van der Waals surface area contributed by atoms with Crippen LogP contribution >= 0.6 is 0 Å². The number of hydrogen-bond donors (Lipinski definition) is 0. The van der Waals surface area contributed by atoms with Gasteiger partial charge in [0.1, 0.15) is 11.9 Å². The summed E-state index contributed by atoms with van der Waals surface area (Å²) in [4.78, 5) is 14.7.